The molecule has 1 fully saturated rings. The molecule has 0 radical (unpaired) electrons. The molecule has 3 heteroatoms. The molecule has 1 aliphatic rings. The van der Waals surface area contributed by atoms with Crippen molar-refractivity contribution in [3.8, 4) is 0 Å². The van der Waals surface area contributed by atoms with Crippen molar-refractivity contribution in [1.29, 1.82) is 0 Å². The van der Waals surface area contributed by atoms with Gasteiger partial charge in [-0.2, -0.15) is 0 Å². The maximum atomic E-state index is 6.11. The Hall–Kier alpha value is -0.900. The molecule has 2 N–H and O–H groups in total. The highest BCUT2D eigenvalue weighted by Gasteiger charge is 2.37. The first-order valence-electron chi connectivity index (χ1n) is 7.77. The summed E-state index contributed by atoms with van der Waals surface area (Å²) >= 11 is 0. The summed E-state index contributed by atoms with van der Waals surface area (Å²) in [5.41, 5.74) is 7.72. The van der Waals surface area contributed by atoms with E-state index < -0.39 is 0 Å². The van der Waals surface area contributed by atoms with E-state index >= 15 is 0 Å². The second kappa shape index (κ2) is 6.70. The number of hydrogen-bond donors (Lipinski definition) is 1. The van der Waals surface area contributed by atoms with Gasteiger partial charge in [0.25, 0.3) is 0 Å². The predicted octanol–water partition coefficient (Wildman–Crippen LogP) is 2.32. The van der Waals surface area contributed by atoms with Gasteiger partial charge in [-0.15, -0.1) is 0 Å². The average molecular weight is 275 g/mol. The molecular formula is C17H29N3. The molecule has 0 saturated carbocycles. The van der Waals surface area contributed by atoms with Gasteiger partial charge in [-0.1, -0.05) is 30.3 Å². The molecular weight excluding hydrogens is 246 g/mol. The molecule has 1 heterocycles. The molecule has 0 unspecified atom stereocenters. The second-order valence-corrected chi connectivity index (χ2v) is 6.39. The highest BCUT2D eigenvalue weighted by Crippen LogP contribution is 2.29. The molecule has 2 rings (SSSR count). The molecule has 112 valence electrons. The number of piperidine rings is 1. The molecule has 0 bridgehead atoms. The fraction of sp³-hybridized carbons (Fsp3) is 0.647. The van der Waals surface area contributed by atoms with Crippen molar-refractivity contribution in [1.82, 2.24) is 9.80 Å². The van der Waals surface area contributed by atoms with E-state index in [4.69, 9.17) is 5.73 Å². The molecule has 1 saturated heterocycles. The Balaban J connectivity index is 1.94. The van der Waals surface area contributed by atoms with E-state index in [1.165, 1.54) is 18.4 Å². The summed E-state index contributed by atoms with van der Waals surface area (Å²) in [5.74, 6) is 0. The lowest BCUT2D eigenvalue weighted by atomic mass is 9.85. The van der Waals surface area contributed by atoms with E-state index in [-0.39, 0.29) is 5.54 Å². The molecule has 1 aromatic rings. The van der Waals surface area contributed by atoms with Crippen molar-refractivity contribution in [2.24, 2.45) is 5.73 Å². The summed E-state index contributed by atoms with van der Waals surface area (Å²) < 4.78 is 0. The third-order valence-electron chi connectivity index (χ3n) is 4.94. The monoisotopic (exact) mass is 275 g/mol. The van der Waals surface area contributed by atoms with Gasteiger partial charge < -0.3 is 5.73 Å². The Kier molecular flexibility index (Phi) is 5.19. The Labute approximate surface area is 123 Å². The molecule has 1 aromatic carbocycles. The highest BCUT2D eigenvalue weighted by atomic mass is 15.2. The maximum Gasteiger partial charge on any atom is 0.0355 e. The zero-order chi connectivity index (χ0) is 14.6. The van der Waals surface area contributed by atoms with E-state index in [0.717, 1.165) is 26.2 Å². The van der Waals surface area contributed by atoms with Crippen molar-refractivity contribution < 1.29 is 0 Å². The SMILES string of the molecule is CC(C)N(C)C1(CN)CCN(Cc2ccccc2)CC1. The Morgan fingerprint density at radius 1 is 1.20 bits per heavy atom. The summed E-state index contributed by atoms with van der Waals surface area (Å²) in [6.45, 7) is 8.63. The van der Waals surface area contributed by atoms with Crippen molar-refractivity contribution in [2.45, 2.75) is 44.8 Å². The smallest absolute Gasteiger partial charge is 0.0355 e. The van der Waals surface area contributed by atoms with Gasteiger partial charge in [-0.25, -0.2) is 0 Å². The van der Waals surface area contributed by atoms with Crippen LogP contribution < -0.4 is 5.73 Å². The van der Waals surface area contributed by atoms with Crippen molar-refractivity contribution >= 4 is 0 Å². The number of benzene rings is 1. The summed E-state index contributed by atoms with van der Waals surface area (Å²) in [5, 5.41) is 0. The van der Waals surface area contributed by atoms with E-state index in [1.807, 2.05) is 0 Å². The predicted molar refractivity (Wildman–Crippen MR) is 85.6 cm³/mol. The first-order chi connectivity index (χ1) is 9.57. The van der Waals surface area contributed by atoms with Crippen LogP contribution in [0, 0.1) is 0 Å². The molecule has 0 aromatic heterocycles. The fourth-order valence-electron chi connectivity index (χ4n) is 3.22. The van der Waals surface area contributed by atoms with E-state index in [9.17, 15) is 0 Å². The minimum Gasteiger partial charge on any atom is -0.329 e. The topological polar surface area (TPSA) is 32.5 Å². The van der Waals surface area contributed by atoms with Crippen LogP contribution in [0.25, 0.3) is 0 Å². The number of rotatable bonds is 5. The Morgan fingerprint density at radius 2 is 1.80 bits per heavy atom. The number of nitrogens with zero attached hydrogens (tertiary/aromatic N) is 2. The van der Waals surface area contributed by atoms with Gasteiger partial charge in [0, 0.05) is 37.8 Å². The van der Waals surface area contributed by atoms with Crippen LogP contribution in [0.15, 0.2) is 30.3 Å². The van der Waals surface area contributed by atoms with Crippen LogP contribution in [0.1, 0.15) is 32.3 Å². The zero-order valence-corrected chi connectivity index (χ0v) is 13.2. The minimum atomic E-state index is 0.196. The minimum absolute atomic E-state index is 0.196. The van der Waals surface area contributed by atoms with Crippen LogP contribution in [0.5, 0.6) is 0 Å². The van der Waals surface area contributed by atoms with Gasteiger partial charge in [0.1, 0.15) is 0 Å². The number of hydrogen-bond acceptors (Lipinski definition) is 3. The summed E-state index contributed by atoms with van der Waals surface area (Å²) in [6.07, 6.45) is 2.34. The number of nitrogens with two attached hydrogens (primary N) is 1. The molecule has 3 nitrogen and oxygen atoms in total. The van der Waals surface area contributed by atoms with Crippen LogP contribution >= 0.6 is 0 Å². The Bertz CT molecular complexity index is 394. The van der Waals surface area contributed by atoms with Gasteiger partial charge >= 0.3 is 0 Å². The molecule has 0 amide bonds. The largest absolute Gasteiger partial charge is 0.329 e. The van der Waals surface area contributed by atoms with Crippen LogP contribution in [-0.4, -0.2) is 48.1 Å². The van der Waals surface area contributed by atoms with E-state index in [1.54, 1.807) is 0 Å². The summed E-state index contributed by atoms with van der Waals surface area (Å²) in [7, 11) is 2.23. The first kappa shape index (κ1) is 15.5. The lowest BCUT2D eigenvalue weighted by molar-refractivity contribution is 0.0235. The lowest BCUT2D eigenvalue weighted by Gasteiger charge is -2.48. The van der Waals surface area contributed by atoms with Crippen molar-refractivity contribution in [2.75, 3.05) is 26.7 Å². The van der Waals surface area contributed by atoms with Gasteiger partial charge in [-0.3, -0.25) is 9.80 Å². The van der Waals surface area contributed by atoms with Gasteiger partial charge in [0.2, 0.25) is 0 Å². The lowest BCUT2D eigenvalue weighted by Crippen LogP contribution is -2.59. The van der Waals surface area contributed by atoms with E-state index in [0.29, 0.717) is 6.04 Å². The fourth-order valence-corrected chi connectivity index (χ4v) is 3.22. The summed E-state index contributed by atoms with van der Waals surface area (Å²) in [6, 6.07) is 11.3. The zero-order valence-electron chi connectivity index (χ0n) is 13.2. The third kappa shape index (κ3) is 3.40. The molecule has 1 aliphatic heterocycles. The second-order valence-electron chi connectivity index (χ2n) is 6.39. The third-order valence-corrected chi connectivity index (χ3v) is 4.94. The van der Waals surface area contributed by atoms with Crippen molar-refractivity contribution in [3.63, 3.8) is 0 Å². The number of likely N-dealkylation sites (tertiary alicyclic amines) is 1. The molecule has 0 aliphatic carbocycles. The maximum absolute atomic E-state index is 6.11. The van der Waals surface area contributed by atoms with Crippen LogP contribution in [0.4, 0.5) is 0 Å². The van der Waals surface area contributed by atoms with Crippen LogP contribution in [0.2, 0.25) is 0 Å². The normalized spacial score (nSPS) is 19.7. The van der Waals surface area contributed by atoms with E-state index in [2.05, 4.69) is 61.0 Å². The summed E-state index contributed by atoms with van der Waals surface area (Å²) in [4.78, 5) is 5.03. The van der Waals surface area contributed by atoms with Gasteiger partial charge in [0.05, 0.1) is 0 Å². The molecule has 0 spiro atoms. The molecule has 0 atom stereocenters. The van der Waals surface area contributed by atoms with Gasteiger partial charge in [-0.05, 0) is 39.3 Å². The quantitative estimate of drug-likeness (QED) is 0.895. The Morgan fingerprint density at radius 3 is 2.30 bits per heavy atom. The van der Waals surface area contributed by atoms with Gasteiger partial charge in [0.15, 0.2) is 0 Å². The highest BCUT2D eigenvalue weighted by molar-refractivity contribution is 5.14. The first-order valence-corrected chi connectivity index (χ1v) is 7.77. The standard InChI is InChI=1S/C17H29N3/c1-15(2)19(3)17(14-18)9-11-20(12-10-17)13-16-7-5-4-6-8-16/h4-8,15H,9-14,18H2,1-3H3. The van der Waals surface area contributed by atoms with Crippen molar-refractivity contribution in [3.05, 3.63) is 35.9 Å². The molecule has 20 heavy (non-hydrogen) atoms. The van der Waals surface area contributed by atoms with Crippen LogP contribution in [0.3, 0.4) is 0 Å². The number of likely N-dealkylation sites (N-methyl/N-ethyl adjacent to an activating group) is 1. The van der Waals surface area contributed by atoms with Crippen LogP contribution in [-0.2, 0) is 6.54 Å². The average Bonchev–Trinajstić information content (AvgIpc) is 2.48.